The smallest absolute Gasteiger partial charge is 0.419 e. The van der Waals surface area contributed by atoms with Gasteiger partial charge in [-0.3, -0.25) is 0 Å². The third-order valence-electron chi connectivity index (χ3n) is 3.31. The van der Waals surface area contributed by atoms with E-state index in [0.717, 1.165) is 24.8 Å². The van der Waals surface area contributed by atoms with Crippen molar-refractivity contribution >= 4 is 12.2 Å². The van der Waals surface area contributed by atoms with Crippen LogP contribution in [0.2, 0.25) is 0 Å². The van der Waals surface area contributed by atoms with Gasteiger partial charge in [-0.1, -0.05) is 31.2 Å². The molecule has 0 amide bonds. The SMILES string of the molecule is CCc1ccc(/C=C2/OC(=O)OC23CC3)cc1. The first-order valence-corrected chi connectivity index (χ1v) is 5.94. The topological polar surface area (TPSA) is 35.5 Å². The minimum Gasteiger partial charge on any atom is -0.419 e. The Morgan fingerprint density at radius 3 is 2.59 bits per heavy atom. The molecular weight excluding hydrogens is 216 g/mol. The average molecular weight is 230 g/mol. The van der Waals surface area contributed by atoms with Crippen LogP contribution >= 0.6 is 0 Å². The number of carbonyl (C=O) groups excluding carboxylic acids is 1. The van der Waals surface area contributed by atoms with Crippen molar-refractivity contribution in [1.29, 1.82) is 0 Å². The first-order valence-electron chi connectivity index (χ1n) is 5.94. The summed E-state index contributed by atoms with van der Waals surface area (Å²) in [6.07, 6.45) is 4.10. The Kier molecular flexibility index (Phi) is 2.21. The van der Waals surface area contributed by atoms with Crippen molar-refractivity contribution in [1.82, 2.24) is 0 Å². The molecule has 1 aliphatic carbocycles. The molecule has 2 aliphatic rings. The normalized spacial score (nSPS) is 22.6. The molecule has 1 heterocycles. The van der Waals surface area contributed by atoms with Crippen LogP contribution in [-0.4, -0.2) is 11.8 Å². The molecule has 0 unspecified atom stereocenters. The van der Waals surface area contributed by atoms with E-state index in [1.807, 2.05) is 18.2 Å². The highest BCUT2D eigenvalue weighted by Crippen LogP contribution is 2.51. The van der Waals surface area contributed by atoms with Crippen LogP contribution < -0.4 is 0 Å². The maximum atomic E-state index is 11.1. The Hall–Kier alpha value is -1.77. The molecule has 3 nitrogen and oxygen atoms in total. The molecule has 1 aromatic rings. The monoisotopic (exact) mass is 230 g/mol. The van der Waals surface area contributed by atoms with Gasteiger partial charge in [0.15, 0.2) is 11.4 Å². The van der Waals surface area contributed by atoms with Crippen molar-refractivity contribution in [2.45, 2.75) is 31.8 Å². The number of hydrogen-bond donors (Lipinski definition) is 0. The van der Waals surface area contributed by atoms with Gasteiger partial charge in [-0.15, -0.1) is 0 Å². The lowest BCUT2D eigenvalue weighted by Gasteiger charge is -2.03. The van der Waals surface area contributed by atoms with Gasteiger partial charge in [0.05, 0.1) is 0 Å². The zero-order chi connectivity index (χ0) is 11.9. The minimum atomic E-state index is -0.570. The van der Waals surface area contributed by atoms with E-state index in [-0.39, 0.29) is 0 Å². The van der Waals surface area contributed by atoms with Gasteiger partial charge in [0.2, 0.25) is 0 Å². The molecule has 0 bridgehead atoms. The van der Waals surface area contributed by atoms with Gasteiger partial charge in [0.25, 0.3) is 0 Å². The maximum Gasteiger partial charge on any atom is 0.514 e. The van der Waals surface area contributed by atoms with Gasteiger partial charge in [0, 0.05) is 0 Å². The minimum absolute atomic E-state index is 0.430. The van der Waals surface area contributed by atoms with Crippen LogP contribution in [0.4, 0.5) is 4.79 Å². The zero-order valence-corrected chi connectivity index (χ0v) is 9.73. The van der Waals surface area contributed by atoms with Crippen molar-refractivity contribution in [2.75, 3.05) is 0 Å². The van der Waals surface area contributed by atoms with E-state index in [0.29, 0.717) is 5.76 Å². The van der Waals surface area contributed by atoms with Crippen molar-refractivity contribution in [3.8, 4) is 0 Å². The van der Waals surface area contributed by atoms with E-state index in [2.05, 4.69) is 19.1 Å². The van der Waals surface area contributed by atoms with E-state index in [1.54, 1.807) is 0 Å². The van der Waals surface area contributed by atoms with Gasteiger partial charge in [-0.25, -0.2) is 4.79 Å². The largest absolute Gasteiger partial charge is 0.514 e. The van der Waals surface area contributed by atoms with Crippen LogP contribution in [0, 0.1) is 0 Å². The molecule has 0 atom stereocenters. The molecule has 3 rings (SSSR count). The lowest BCUT2D eigenvalue weighted by molar-refractivity contribution is 0.112. The van der Waals surface area contributed by atoms with E-state index >= 15 is 0 Å². The van der Waals surface area contributed by atoms with Crippen LogP contribution in [0.1, 0.15) is 30.9 Å². The van der Waals surface area contributed by atoms with Crippen molar-refractivity contribution in [3.63, 3.8) is 0 Å². The van der Waals surface area contributed by atoms with Gasteiger partial charge < -0.3 is 9.47 Å². The Morgan fingerprint density at radius 2 is 2.00 bits per heavy atom. The van der Waals surface area contributed by atoms with Gasteiger partial charge in [-0.2, -0.15) is 0 Å². The standard InChI is InChI=1S/C14H14O3/c1-2-10-3-5-11(6-4-10)9-12-14(7-8-14)17-13(15)16-12/h3-6,9H,2,7-8H2,1H3/b12-9+. The fourth-order valence-electron chi connectivity index (χ4n) is 2.04. The Bertz CT molecular complexity index is 481. The molecule has 0 aromatic heterocycles. The second-order valence-corrected chi connectivity index (χ2v) is 4.55. The second kappa shape index (κ2) is 3.62. The number of cyclic esters (lactones) is 1. The highest BCUT2D eigenvalue weighted by Gasteiger charge is 2.57. The molecule has 88 valence electrons. The summed E-state index contributed by atoms with van der Waals surface area (Å²) in [6.45, 7) is 2.12. The van der Waals surface area contributed by atoms with Crippen LogP contribution in [0.5, 0.6) is 0 Å². The Balaban J connectivity index is 1.87. The first kappa shape index (κ1) is 10.4. The van der Waals surface area contributed by atoms with Gasteiger partial charge >= 0.3 is 6.16 Å². The summed E-state index contributed by atoms with van der Waals surface area (Å²) in [5.74, 6) is 0.659. The Morgan fingerprint density at radius 1 is 1.29 bits per heavy atom. The van der Waals surface area contributed by atoms with Crippen LogP contribution in [0.3, 0.4) is 0 Å². The number of hydrogen-bond acceptors (Lipinski definition) is 3. The molecule has 1 aliphatic heterocycles. The molecule has 17 heavy (non-hydrogen) atoms. The number of aryl methyl sites for hydroxylation is 1. The molecule has 2 fully saturated rings. The molecule has 3 heteroatoms. The number of rotatable bonds is 2. The summed E-state index contributed by atoms with van der Waals surface area (Å²) < 4.78 is 10.3. The van der Waals surface area contributed by atoms with Crippen molar-refractivity contribution in [3.05, 3.63) is 41.2 Å². The van der Waals surface area contributed by atoms with Crippen LogP contribution in [-0.2, 0) is 15.9 Å². The second-order valence-electron chi connectivity index (χ2n) is 4.55. The lowest BCUT2D eigenvalue weighted by Crippen LogP contribution is -2.07. The van der Waals surface area contributed by atoms with E-state index in [9.17, 15) is 4.79 Å². The van der Waals surface area contributed by atoms with Crippen molar-refractivity contribution in [2.24, 2.45) is 0 Å². The predicted octanol–water partition coefficient (Wildman–Crippen LogP) is 3.29. The molecule has 1 spiro atoms. The number of benzene rings is 1. The summed E-state index contributed by atoms with van der Waals surface area (Å²) in [5.41, 5.74) is 1.91. The van der Waals surface area contributed by atoms with E-state index in [4.69, 9.17) is 9.47 Å². The van der Waals surface area contributed by atoms with Crippen molar-refractivity contribution < 1.29 is 14.3 Å². The summed E-state index contributed by atoms with van der Waals surface area (Å²) in [5, 5.41) is 0. The molecule has 1 aromatic carbocycles. The third-order valence-corrected chi connectivity index (χ3v) is 3.31. The predicted molar refractivity (Wildman–Crippen MR) is 63.3 cm³/mol. The van der Waals surface area contributed by atoms with Gasteiger partial charge in [0.1, 0.15) is 0 Å². The fraction of sp³-hybridized carbons (Fsp3) is 0.357. The summed E-state index contributed by atoms with van der Waals surface area (Å²) in [6, 6.07) is 8.25. The molecule has 0 radical (unpaired) electrons. The highest BCUT2D eigenvalue weighted by atomic mass is 16.8. The molecule has 0 N–H and O–H groups in total. The molecule has 1 saturated heterocycles. The summed E-state index contributed by atoms with van der Waals surface area (Å²) in [7, 11) is 0. The van der Waals surface area contributed by atoms with E-state index < -0.39 is 11.8 Å². The van der Waals surface area contributed by atoms with E-state index in [1.165, 1.54) is 5.56 Å². The Labute approximate surface area is 100 Å². The van der Waals surface area contributed by atoms with Crippen LogP contribution in [0.15, 0.2) is 30.0 Å². The summed E-state index contributed by atoms with van der Waals surface area (Å²) in [4.78, 5) is 11.1. The number of carbonyl (C=O) groups is 1. The molecule has 1 saturated carbocycles. The molecular formula is C14H14O3. The quantitative estimate of drug-likeness (QED) is 0.731. The summed E-state index contributed by atoms with van der Waals surface area (Å²) >= 11 is 0. The van der Waals surface area contributed by atoms with Gasteiger partial charge in [-0.05, 0) is 36.5 Å². The maximum absolute atomic E-state index is 11.1. The van der Waals surface area contributed by atoms with Crippen LogP contribution in [0.25, 0.3) is 6.08 Å². The zero-order valence-electron chi connectivity index (χ0n) is 9.73. The third kappa shape index (κ3) is 1.82. The first-order chi connectivity index (χ1) is 8.22. The fourth-order valence-corrected chi connectivity index (χ4v) is 2.04. The highest BCUT2D eigenvalue weighted by molar-refractivity contribution is 5.71. The average Bonchev–Trinajstić information content (AvgIpc) is 3.03. The lowest BCUT2D eigenvalue weighted by atomic mass is 10.1. The number of ether oxygens (including phenoxy) is 2.